The quantitative estimate of drug-likeness (QED) is 0.105. The molecule has 20 heteroatoms. The summed E-state index contributed by atoms with van der Waals surface area (Å²) in [6.45, 7) is 10.9. The number of hydrogen-bond acceptors (Lipinski definition) is 15. The molecule has 0 bridgehead atoms. The zero-order valence-corrected chi connectivity index (χ0v) is 51.1. The minimum absolute atomic E-state index is 0. The summed E-state index contributed by atoms with van der Waals surface area (Å²) in [7, 11) is -0.916. The number of benzene rings is 2. The van der Waals surface area contributed by atoms with Crippen molar-refractivity contribution in [2.24, 2.45) is 10.8 Å². The van der Waals surface area contributed by atoms with Gasteiger partial charge in [-0.3, -0.25) is 14.2 Å². The number of amides is 2. The topological polar surface area (TPSA) is 231 Å². The number of alkyl carbamates (subject to hydrolysis) is 2. The predicted octanol–water partition coefficient (Wildman–Crippen LogP) is 1.59. The van der Waals surface area contributed by atoms with Gasteiger partial charge >= 0.3 is 170 Å². The maximum absolute atomic E-state index is 12.1. The van der Waals surface area contributed by atoms with Crippen LogP contribution >= 0.6 is 7.60 Å². The van der Waals surface area contributed by atoms with E-state index in [1.807, 2.05) is 65.8 Å². The second-order valence-electron chi connectivity index (χ2n) is 18.1. The van der Waals surface area contributed by atoms with Gasteiger partial charge in [0.05, 0.1) is 11.1 Å². The van der Waals surface area contributed by atoms with E-state index in [2.05, 4.69) is 15.5 Å². The standard InChI is InChI=1S/C20H23NO4.C12H19NO3.C10H11O5P.CH2O3.CH4.2Cs.H/c1-19(2,3)25-18(23)21-13-10-20(11-13)8-12(9-20)16-14-6-4-5-7-15(14)17(22)24-16;1-11(2,3)16-10(15)13-8-4-12(5-8)6-9(14)7-12;1-13-16(12,14-2)10-8-6-4-3-5-7(8)9(11)15-10;2-1-4-3;;;;/h4-7,13H,8-11H2,1-3H3,(H,21,23);8H,4-7H2,1-3H3,(H,13,15);3-6,10H,1-2H3;1,3H;1H4;;;/q;;;;;2*+1;-1/p-1. The Balaban J connectivity index is 0.000000469. The van der Waals surface area contributed by atoms with E-state index < -0.39 is 30.6 Å². The second-order valence-corrected chi connectivity index (χ2v) is 20.3. The number of nitrogens with one attached hydrogen (secondary N) is 2. The van der Waals surface area contributed by atoms with E-state index in [9.17, 15) is 28.5 Å². The number of carbonyl (C=O) groups is 6. The number of esters is 2. The molecular formula is C44H59Cs2N2O15P. The van der Waals surface area contributed by atoms with Gasteiger partial charge in [-0.1, -0.05) is 43.8 Å². The Hall–Kier alpha value is -0.986. The fourth-order valence-corrected chi connectivity index (χ4v) is 9.77. The van der Waals surface area contributed by atoms with E-state index in [4.69, 9.17) is 38.0 Å². The van der Waals surface area contributed by atoms with Crippen molar-refractivity contribution in [3.8, 4) is 0 Å². The number of Topliss-reactive ketones (excluding diaryl/α,β-unsaturated/α-hetero) is 1. The van der Waals surface area contributed by atoms with Crippen LogP contribution in [0.5, 0.6) is 0 Å². The molecule has 4 fully saturated rings. The van der Waals surface area contributed by atoms with Gasteiger partial charge < -0.3 is 50.2 Å². The summed E-state index contributed by atoms with van der Waals surface area (Å²) in [4.78, 5) is 68.9. The number of allylic oxidation sites excluding steroid dienone is 1. The van der Waals surface area contributed by atoms with Crippen LogP contribution in [0.4, 0.5) is 9.59 Å². The predicted molar refractivity (Wildman–Crippen MR) is 223 cm³/mol. The van der Waals surface area contributed by atoms with Gasteiger partial charge in [-0.05, 0) is 109 Å². The average Bonchev–Trinajstić information content (AvgIpc) is 3.65. The van der Waals surface area contributed by atoms with Crippen molar-refractivity contribution in [3.63, 3.8) is 0 Å². The van der Waals surface area contributed by atoms with Crippen LogP contribution in [0.15, 0.2) is 54.1 Å². The van der Waals surface area contributed by atoms with E-state index in [0.717, 1.165) is 49.8 Å². The summed E-state index contributed by atoms with van der Waals surface area (Å²) in [6, 6.07) is 14.7. The van der Waals surface area contributed by atoms with Crippen LogP contribution in [0.2, 0.25) is 0 Å². The molecule has 4 saturated carbocycles. The summed E-state index contributed by atoms with van der Waals surface area (Å²) in [5.41, 5.74) is 3.31. The van der Waals surface area contributed by atoms with Gasteiger partial charge in [-0.2, -0.15) is 0 Å². The van der Waals surface area contributed by atoms with E-state index in [1.165, 1.54) is 19.8 Å². The maximum atomic E-state index is 12.1. The van der Waals surface area contributed by atoms with Crippen LogP contribution in [0, 0.1) is 10.8 Å². The number of carbonyl (C=O) groups excluding carboxylic acids is 6. The molecule has 0 aromatic heterocycles. The number of ether oxygens (including phenoxy) is 4. The molecule has 2 heterocycles. The molecule has 0 saturated heterocycles. The zero-order chi connectivity index (χ0) is 45.0. The largest absolute Gasteiger partial charge is 1.00 e. The van der Waals surface area contributed by atoms with Crippen molar-refractivity contribution in [2.75, 3.05) is 14.2 Å². The fourth-order valence-electron chi connectivity index (χ4n) is 8.45. The third-order valence-corrected chi connectivity index (χ3v) is 12.9. The summed E-state index contributed by atoms with van der Waals surface area (Å²) < 4.78 is 42.8. The first-order chi connectivity index (χ1) is 28.6. The second kappa shape index (κ2) is 24.5. The Morgan fingerprint density at radius 3 is 1.59 bits per heavy atom. The molecule has 342 valence electrons. The van der Waals surface area contributed by atoms with Crippen LogP contribution in [0.1, 0.15) is 139 Å². The van der Waals surface area contributed by atoms with Gasteiger partial charge in [0, 0.05) is 50.3 Å². The van der Waals surface area contributed by atoms with E-state index in [-0.39, 0.29) is 194 Å². The molecule has 2 aromatic carbocycles. The van der Waals surface area contributed by atoms with Crippen LogP contribution in [0.25, 0.3) is 5.76 Å². The Bertz CT molecular complexity index is 2080. The van der Waals surface area contributed by atoms with Crippen LogP contribution < -0.4 is 154 Å². The first kappa shape index (κ1) is 59.1. The molecule has 0 radical (unpaired) electrons. The van der Waals surface area contributed by atoms with Gasteiger partial charge in [-0.15, -0.1) is 0 Å². The minimum Gasteiger partial charge on any atom is -1.00 e. The Kier molecular flexibility index (Phi) is 22.7. The third kappa shape index (κ3) is 15.3. The first-order valence-corrected chi connectivity index (χ1v) is 21.5. The smallest absolute Gasteiger partial charge is 1.00 e. The average molecular weight is 1150 g/mol. The van der Waals surface area contributed by atoms with Gasteiger partial charge in [0.25, 0.3) is 6.47 Å². The van der Waals surface area contributed by atoms with Gasteiger partial charge in [0.1, 0.15) is 22.7 Å². The summed E-state index contributed by atoms with van der Waals surface area (Å²) >= 11 is 0. The number of cyclic esters (lactones) is 2. The molecule has 2 N–H and O–H groups in total. The van der Waals surface area contributed by atoms with Crippen molar-refractivity contribution >= 4 is 49.7 Å². The van der Waals surface area contributed by atoms with Gasteiger partial charge in [0.2, 0.25) is 5.85 Å². The fraction of sp³-hybridized carbons (Fsp3) is 0.545. The van der Waals surface area contributed by atoms with Crippen molar-refractivity contribution in [3.05, 3.63) is 76.4 Å². The first-order valence-electron chi connectivity index (χ1n) is 19.8. The van der Waals surface area contributed by atoms with Crippen LogP contribution in [0.3, 0.4) is 0 Å². The molecule has 2 amide bonds. The SMILES string of the molecule is C.CC(C)(C)OC(=O)NC1CC2(CC(=C3OC(=O)c4ccccc43)C2)C1.CC(C)(C)OC(=O)NC1CC2(CC(=O)C2)C1.COP(=O)(OC)C1OC(=O)c2ccccc21.O=CO[O-].[Cs+].[Cs+].[H-]. The molecular weight excluding hydrogens is 1090 g/mol. The molecule has 4 aliphatic carbocycles. The molecule has 17 nitrogen and oxygen atoms in total. The van der Waals surface area contributed by atoms with Crippen molar-refractivity contribution in [1.82, 2.24) is 10.6 Å². The summed E-state index contributed by atoms with van der Waals surface area (Å²) in [5, 5.41) is 14.2. The van der Waals surface area contributed by atoms with Crippen LogP contribution in [-0.2, 0) is 47.0 Å². The number of fused-ring (bicyclic) bond motifs is 2. The number of hydrogen-bond donors (Lipinski definition) is 2. The zero-order valence-electron chi connectivity index (χ0n) is 38.7. The van der Waals surface area contributed by atoms with E-state index >= 15 is 0 Å². The molecule has 2 aliphatic heterocycles. The van der Waals surface area contributed by atoms with Gasteiger partial charge in [0.15, 0.2) is 0 Å². The number of rotatable bonds is 6. The third-order valence-electron chi connectivity index (χ3n) is 10.9. The van der Waals surface area contributed by atoms with E-state index in [1.54, 1.807) is 24.3 Å². The Morgan fingerprint density at radius 1 is 0.750 bits per heavy atom. The summed E-state index contributed by atoms with van der Waals surface area (Å²) in [6.07, 6.45) is 6.38. The molecule has 8 rings (SSSR count). The Labute approximate surface area is 494 Å². The normalized spacial score (nSPS) is 21.7. The maximum Gasteiger partial charge on any atom is 1.00 e. The minimum atomic E-state index is -3.44. The van der Waals surface area contributed by atoms with E-state index in [0.29, 0.717) is 35.3 Å². The van der Waals surface area contributed by atoms with Crippen LogP contribution in [-0.4, -0.2) is 73.9 Å². The van der Waals surface area contributed by atoms with Crippen molar-refractivity contribution in [1.29, 1.82) is 0 Å². The molecule has 64 heavy (non-hydrogen) atoms. The molecule has 2 aromatic rings. The molecule has 1 unspecified atom stereocenters. The monoisotopic (exact) mass is 1150 g/mol. The van der Waals surface area contributed by atoms with Crippen molar-refractivity contribution < 1.29 is 211 Å². The summed E-state index contributed by atoms with van der Waals surface area (Å²) in [5.74, 6) is -0.608. The molecule has 2 spiro atoms. The molecule has 6 aliphatic rings. The van der Waals surface area contributed by atoms with Crippen molar-refractivity contribution in [2.45, 2.75) is 129 Å². The molecule has 1 atom stereocenters. The Morgan fingerprint density at radius 2 is 1.17 bits per heavy atom. The number of ketones is 1. The van der Waals surface area contributed by atoms with Gasteiger partial charge in [-0.25, -0.2) is 19.2 Å².